The average Bonchev–Trinajstić information content (AvgIpc) is 3.26. The van der Waals surface area contributed by atoms with Crippen LogP contribution in [0.3, 0.4) is 0 Å². The summed E-state index contributed by atoms with van der Waals surface area (Å²) in [6.45, 7) is 6.27. The van der Waals surface area contributed by atoms with Crippen molar-refractivity contribution in [2.24, 2.45) is 5.92 Å². The molecule has 1 aliphatic carbocycles. The molecule has 1 unspecified atom stereocenters. The van der Waals surface area contributed by atoms with Gasteiger partial charge >= 0.3 is 0 Å². The molecule has 0 bridgehead atoms. The summed E-state index contributed by atoms with van der Waals surface area (Å²) in [5, 5.41) is 16.8. The van der Waals surface area contributed by atoms with Gasteiger partial charge in [0, 0.05) is 31.4 Å². The van der Waals surface area contributed by atoms with E-state index in [0.29, 0.717) is 29.7 Å². The molecule has 1 saturated carbocycles. The Morgan fingerprint density at radius 3 is 2.58 bits per heavy atom. The van der Waals surface area contributed by atoms with Crippen LogP contribution in [0.2, 0.25) is 5.02 Å². The molecule has 38 heavy (non-hydrogen) atoms. The predicted octanol–water partition coefficient (Wildman–Crippen LogP) is 6.52. The minimum atomic E-state index is -0.458. The molecule has 5 rings (SSSR count). The number of rotatable bonds is 7. The summed E-state index contributed by atoms with van der Waals surface area (Å²) in [6, 6.07) is 7.62. The molecule has 0 spiro atoms. The second kappa shape index (κ2) is 12.3. The summed E-state index contributed by atoms with van der Waals surface area (Å²) in [4.78, 5) is 20.2. The number of aromatic nitrogens is 2. The quantitative estimate of drug-likeness (QED) is 0.235. The van der Waals surface area contributed by atoms with Gasteiger partial charge in [-0.2, -0.15) is 0 Å². The molecule has 1 atom stereocenters. The largest absolute Gasteiger partial charge is 0.350 e. The van der Waals surface area contributed by atoms with E-state index in [1.165, 1.54) is 17.2 Å². The molecule has 0 amide bonds. The van der Waals surface area contributed by atoms with Crippen LogP contribution in [0.5, 0.6) is 0 Å². The van der Waals surface area contributed by atoms with Crippen LogP contribution in [0.15, 0.2) is 35.3 Å². The highest BCUT2D eigenvalue weighted by Crippen LogP contribution is 2.38. The van der Waals surface area contributed by atoms with Gasteiger partial charge in [0.25, 0.3) is 5.56 Å². The van der Waals surface area contributed by atoms with Gasteiger partial charge in [0.1, 0.15) is 11.4 Å². The molecule has 204 valence electrons. The van der Waals surface area contributed by atoms with Crippen LogP contribution in [0.1, 0.15) is 69.5 Å². The third kappa shape index (κ3) is 5.43. The summed E-state index contributed by atoms with van der Waals surface area (Å²) in [5.41, 5.74) is 1.74. The van der Waals surface area contributed by atoms with E-state index >= 15 is 4.39 Å². The molecule has 2 aliphatic rings. The highest BCUT2D eigenvalue weighted by Gasteiger charge is 2.30. The van der Waals surface area contributed by atoms with Crippen molar-refractivity contribution in [3.8, 4) is 5.69 Å². The standard InChI is InChI=1S/C27H32ClFN6O.C2H6/c1-33(16-30)26(31)22(17-7-3-2-4-8-17)18-9-5-10-19(13-18)35-14-20(28)23-24(29)21(15-34-11-6-12-34)32-25(23)27(35)36;1-2/h5,9-10,13-14,16-17,22,30-32H,2-4,6-8,11-12,15H2,1H3;1-2H3. The zero-order valence-corrected chi connectivity index (χ0v) is 23.2. The highest BCUT2D eigenvalue weighted by atomic mass is 35.5. The van der Waals surface area contributed by atoms with Crippen LogP contribution in [-0.4, -0.2) is 51.7 Å². The lowest BCUT2D eigenvalue weighted by molar-refractivity contribution is 0.169. The van der Waals surface area contributed by atoms with E-state index in [9.17, 15) is 4.79 Å². The van der Waals surface area contributed by atoms with Gasteiger partial charge in [0.05, 0.1) is 22.4 Å². The van der Waals surface area contributed by atoms with E-state index in [-0.39, 0.29) is 27.4 Å². The Bertz CT molecular complexity index is 1360. The first-order chi connectivity index (χ1) is 18.4. The van der Waals surface area contributed by atoms with Crippen molar-refractivity contribution in [2.45, 2.75) is 64.8 Å². The lowest BCUT2D eigenvalue weighted by Gasteiger charge is -2.33. The van der Waals surface area contributed by atoms with Crippen LogP contribution in [0.4, 0.5) is 4.39 Å². The number of nitrogens with zero attached hydrogens (tertiary/aromatic N) is 3. The summed E-state index contributed by atoms with van der Waals surface area (Å²) < 4.78 is 16.6. The minimum absolute atomic E-state index is 0.138. The van der Waals surface area contributed by atoms with Crippen molar-refractivity contribution in [2.75, 3.05) is 20.1 Å². The number of H-pyrrole nitrogens is 1. The van der Waals surface area contributed by atoms with Crippen LogP contribution < -0.4 is 5.56 Å². The van der Waals surface area contributed by atoms with E-state index in [4.69, 9.17) is 22.4 Å². The Labute approximate surface area is 228 Å². The maximum absolute atomic E-state index is 15.2. The monoisotopic (exact) mass is 540 g/mol. The highest BCUT2D eigenvalue weighted by molar-refractivity contribution is 6.35. The lowest BCUT2D eigenvalue weighted by Crippen LogP contribution is -2.36. The number of hydrogen-bond donors (Lipinski definition) is 3. The van der Waals surface area contributed by atoms with Crippen molar-refractivity contribution in [1.29, 1.82) is 10.8 Å². The molecule has 1 aromatic carbocycles. The summed E-state index contributed by atoms with van der Waals surface area (Å²) in [7, 11) is 1.73. The summed E-state index contributed by atoms with van der Waals surface area (Å²) >= 11 is 6.52. The number of halogens is 2. The fraction of sp³-hybridized carbons (Fsp3) is 0.483. The van der Waals surface area contributed by atoms with Gasteiger partial charge in [-0.15, -0.1) is 0 Å². The average molecular weight is 541 g/mol. The van der Waals surface area contributed by atoms with Crippen LogP contribution in [0, 0.1) is 22.6 Å². The number of amidine groups is 1. The normalized spacial score (nSPS) is 16.9. The Kier molecular flexibility index (Phi) is 9.05. The Morgan fingerprint density at radius 2 is 1.95 bits per heavy atom. The van der Waals surface area contributed by atoms with Crippen LogP contribution in [-0.2, 0) is 6.54 Å². The zero-order chi connectivity index (χ0) is 27.4. The van der Waals surface area contributed by atoms with Crippen molar-refractivity contribution < 1.29 is 4.39 Å². The maximum atomic E-state index is 15.2. The molecule has 9 heteroatoms. The number of hydrogen-bond acceptors (Lipinski definition) is 4. The fourth-order valence-corrected chi connectivity index (χ4v) is 5.89. The zero-order valence-electron chi connectivity index (χ0n) is 22.5. The second-order valence-corrected chi connectivity index (χ2v) is 10.5. The number of fused-ring (bicyclic) bond motifs is 1. The van der Waals surface area contributed by atoms with Crippen LogP contribution in [0.25, 0.3) is 16.6 Å². The minimum Gasteiger partial charge on any atom is -0.350 e. The number of pyridine rings is 1. The number of benzene rings is 1. The Hall–Kier alpha value is -2.97. The molecule has 3 heterocycles. The molecule has 3 aromatic rings. The third-order valence-electron chi connectivity index (χ3n) is 7.75. The molecular formula is C29H38ClFN6O. The lowest BCUT2D eigenvalue weighted by atomic mass is 9.76. The summed E-state index contributed by atoms with van der Waals surface area (Å²) in [6.07, 6.45) is 9.28. The van der Waals surface area contributed by atoms with E-state index in [1.807, 2.05) is 38.1 Å². The summed E-state index contributed by atoms with van der Waals surface area (Å²) in [5.74, 6) is 0.0309. The van der Waals surface area contributed by atoms with E-state index in [2.05, 4.69) is 9.88 Å². The molecule has 7 nitrogen and oxygen atoms in total. The molecule has 2 aromatic heterocycles. The first-order valence-electron chi connectivity index (χ1n) is 13.6. The number of nitrogens with one attached hydrogen (secondary N) is 3. The Morgan fingerprint density at radius 1 is 1.24 bits per heavy atom. The molecule has 1 aliphatic heterocycles. The van der Waals surface area contributed by atoms with Gasteiger partial charge in [-0.25, -0.2) is 4.39 Å². The number of likely N-dealkylation sites (N-methyl/N-ethyl adjacent to an activating group) is 1. The predicted molar refractivity (Wildman–Crippen MR) is 154 cm³/mol. The van der Waals surface area contributed by atoms with Gasteiger partial charge in [0.15, 0.2) is 5.82 Å². The Balaban J connectivity index is 0.00000164. The maximum Gasteiger partial charge on any atom is 0.279 e. The van der Waals surface area contributed by atoms with Crippen LogP contribution >= 0.6 is 11.6 Å². The van der Waals surface area contributed by atoms with Gasteiger partial charge in [0.2, 0.25) is 0 Å². The van der Waals surface area contributed by atoms with Crippen molar-refractivity contribution >= 4 is 34.7 Å². The second-order valence-electron chi connectivity index (χ2n) is 10.0. The molecule has 0 radical (unpaired) electrons. The molecular weight excluding hydrogens is 503 g/mol. The number of aromatic amines is 1. The van der Waals surface area contributed by atoms with Gasteiger partial charge in [-0.1, -0.05) is 56.8 Å². The molecule has 3 N–H and O–H groups in total. The van der Waals surface area contributed by atoms with Crippen molar-refractivity contribution in [1.82, 2.24) is 19.4 Å². The fourth-order valence-electron chi connectivity index (χ4n) is 5.61. The first kappa shape index (κ1) is 28.0. The third-order valence-corrected chi connectivity index (χ3v) is 8.04. The first-order valence-corrected chi connectivity index (χ1v) is 14.0. The molecule has 1 saturated heterocycles. The van der Waals surface area contributed by atoms with E-state index < -0.39 is 5.82 Å². The SMILES string of the molecule is CC.CN(C=N)C(=N)C(c1cccc(-n2cc(Cl)c3c(F)c(CN4CCC4)[nH]c3c2=O)c1)C1CCCCC1. The topological polar surface area (TPSA) is 92.0 Å². The molecule has 2 fully saturated rings. The van der Waals surface area contributed by atoms with Gasteiger partial charge in [-0.05, 0) is 56.0 Å². The van der Waals surface area contributed by atoms with E-state index in [1.54, 1.807) is 11.9 Å². The van der Waals surface area contributed by atoms with Gasteiger partial charge < -0.3 is 9.88 Å². The number of likely N-dealkylation sites (tertiary alicyclic amines) is 1. The van der Waals surface area contributed by atoms with E-state index in [0.717, 1.165) is 57.1 Å². The van der Waals surface area contributed by atoms with Gasteiger partial charge in [-0.3, -0.25) is 25.1 Å². The smallest absolute Gasteiger partial charge is 0.279 e. The van der Waals surface area contributed by atoms with Crippen molar-refractivity contribution in [3.05, 3.63) is 62.9 Å². The van der Waals surface area contributed by atoms with Crippen molar-refractivity contribution in [3.63, 3.8) is 0 Å².